The summed E-state index contributed by atoms with van der Waals surface area (Å²) in [6.07, 6.45) is 9.59. The lowest BCUT2D eigenvalue weighted by Gasteiger charge is -2.44. The van der Waals surface area contributed by atoms with Gasteiger partial charge < -0.3 is 19.9 Å². The van der Waals surface area contributed by atoms with Crippen LogP contribution in [0.4, 0.5) is 26.4 Å². The first-order chi connectivity index (χ1) is 15.5. The van der Waals surface area contributed by atoms with Crippen LogP contribution in [0, 0.1) is 12.7 Å². The Morgan fingerprint density at radius 1 is 1.25 bits per heavy atom. The van der Waals surface area contributed by atoms with Crippen LogP contribution >= 0.6 is 0 Å². The van der Waals surface area contributed by atoms with Crippen LogP contribution in [0.25, 0.3) is 5.65 Å². The van der Waals surface area contributed by atoms with E-state index in [0.29, 0.717) is 30.1 Å². The second-order valence-corrected chi connectivity index (χ2v) is 9.04. The van der Waals surface area contributed by atoms with E-state index in [1.807, 2.05) is 6.92 Å². The quantitative estimate of drug-likeness (QED) is 0.647. The largest absolute Gasteiger partial charge is 0.368 e. The molecule has 32 heavy (non-hydrogen) atoms. The van der Waals surface area contributed by atoms with Crippen LogP contribution < -0.4 is 20.4 Å². The van der Waals surface area contributed by atoms with E-state index in [4.69, 9.17) is 0 Å². The van der Waals surface area contributed by atoms with Crippen LogP contribution in [-0.2, 0) is 6.42 Å². The highest BCUT2D eigenvalue weighted by molar-refractivity contribution is 6.03. The normalized spacial score (nSPS) is 22.3. The highest BCUT2D eigenvalue weighted by atomic mass is 19.1. The van der Waals surface area contributed by atoms with Crippen LogP contribution in [-0.4, -0.2) is 52.1 Å². The van der Waals surface area contributed by atoms with E-state index in [1.54, 1.807) is 27.9 Å². The van der Waals surface area contributed by atoms with Crippen molar-refractivity contribution in [2.24, 2.45) is 0 Å². The number of anilines is 3. The van der Waals surface area contributed by atoms with Gasteiger partial charge in [0.05, 0.1) is 11.4 Å². The van der Waals surface area contributed by atoms with Crippen molar-refractivity contribution in [2.45, 2.75) is 44.7 Å². The lowest BCUT2D eigenvalue weighted by Crippen LogP contribution is -2.59. The topological polar surface area (TPSA) is 77.8 Å². The van der Waals surface area contributed by atoms with Crippen LogP contribution in [0.3, 0.4) is 0 Å². The number of aromatic nitrogens is 3. The van der Waals surface area contributed by atoms with Crippen molar-refractivity contribution in [2.75, 3.05) is 34.8 Å². The molecule has 9 heteroatoms. The molecular formula is C23H26FN7O. The molecule has 2 bridgehead atoms. The maximum Gasteiger partial charge on any atom is 0.327 e. The van der Waals surface area contributed by atoms with Gasteiger partial charge in [0.15, 0.2) is 5.82 Å². The lowest BCUT2D eigenvalue weighted by molar-refractivity contribution is 0.257. The van der Waals surface area contributed by atoms with Crippen LogP contribution in [0.15, 0.2) is 30.7 Å². The summed E-state index contributed by atoms with van der Waals surface area (Å²) in [5, 5.41) is 6.45. The Morgan fingerprint density at radius 2 is 2.06 bits per heavy atom. The van der Waals surface area contributed by atoms with Gasteiger partial charge in [-0.15, -0.1) is 0 Å². The SMILES string of the molecule is Cc1cn2cc(NC(=O)N3CCc4c(N5CC6CCCC(C5)N6)ccnc43)c(F)cc2n1. The first-order valence-electron chi connectivity index (χ1n) is 11.3. The predicted octanol–water partition coefficient (Wildman–Crippen LogP) is 3.10. The molecule has 0 radical (unpaired) electrons. The molecule has 2 amide bonds. The van der Waals surface area contributed by atoms with Gasteiger partial charge in [0, 0.05) is 67.6 Å². The Morgan fingerprint density at radius 3 is 2.88 bits per heavy atom. The molecule has 0 spiro atoms. The number of fused-ring (bicyclic) bond motifs is 4. The Hall–Kier alpha value is -3.20. The van der Waals surface area contributed by atoms with Gasteiger partial charge in [-0.3, -0.25) is 4.90 Å². The summed E-state index contributed by atoms with van der Waals surface area (Å²) in [6.45, 7) is 4.33. The summed E-state index contributed by atoms with van der Waals surface area (Å²) in [5.41, 5.74) is 3.69. The maximum atomic E-state index is 14.6. The van der Waals surface area contributed by atoms with Gasteiger partial charge in [-0.25, -0.2) is 19.2 Å². The molecule has 8 nitrogen and oxygen atoms in total. The maximum absolute atomic E-state index is 14.6. The molecular weight excluding hydrogens is 409 g/mol. The van der Waals surface area contributed by atoms with Crippen molar-refractivity contribution in [1.82, 2.24) is 19.7 Å². The zero-order chi connectivity index (χ0) is 21.8. The molecule has 2 atom stereocenters. The molecule has 2 fully saturated rings. The Bertz CT molecular complexity index is 1200. The van der Waals surface area contributed by atoms with Gasteiger partial charge in [0.2, 0.25) is 0 Å². The predicted molar refractivity (Wildman–Crippen MR) is 121 cm³/mol. The molecule has 0 aliphatic carbocycles. The molecule has 2 saturated heterocycles. The zero-order valence-corrected chi connectivity index (χ0v) is 18.0. The number of amides is 2. The Kier molecular flexibility index (Phi) is 4.53. The van der Waals surface area contributed by atoms with E-state index >= 15 is 0 Å². The van der Waals surface area contributed by atoms with E-state index < -0.39 is 5.82 Å². The second kappa shape index (κ2) is 7.44. The zero-order valence-electron chi connectivity index (χ0n) is 18.0. The molecule has 3 aromatic rings. The number of carbonyl (C=O) groups excluding carboxylic acids is 1. The van der Waals surface area contributed by atoms with Crippen molar-refractivity contribution in [3.63, 3.8) is 0 Å². The van der Waals surface area contributed by atoms with Crippen molar-refractivity contribution in [3.05, 3.63) is 47.8 Å². The molecule has 6 rings (SSSR count). The third-order valence-corrected chi connectivity index (χ3v) is 6.80. The minimum Gasteiger partial charge on any atom is -0.368 e. The number of aryl methyl sites for hydroxylation is 1. The summed E-state index contributed by atoms with van der Waals surface area (Å²) < 4.78 is 16.3. The van der Waals surface area contributed by atoms with Crippen molar-refractivity contribution >= 4 is 28.9 Å². The molecule has 3 aromatic heterocycles. The first-order valence-corrected chi connectivity index (χ1v) is 11.3. The number of hydrogen-bond acceptors (Lipinski definition) is 5. The minimum atomic E-state index is -0.509. The van der Waals surface area contributed by atoms with Gasteiger partial charge in [-0.2, -0.15) is 0 Å². The lowest BCUT2D eigenvalue weighted by atomic mass is 9.93. The Labute approximate surface area is 185 Å². The van der Waals surface area contributed by atoms with Gasteiger partial charge in [0.25, 0.3) is 0 Å². The van der Waals surface area contributed by atoms with E-state index in [9.17, 15) is 9.18 Å². The summed E-state index contributed by atoms with van der Waals surface area (Å²) in [7, 11) is 0. The van der Waals surface area contributed by atoms with Gasteiger partial charge in [-0.05, 0) is 32.3 Å². The number of urea groups is 1. The van der Waals surface area contributed by atoms with Crippen LogP contribution in [0.5, 0.6) is 0 Å². The molecule has 3 aliphatic heterocycles. The Balaban J connectivity index is 1.25. The van der Waals surface area contributed by atoms with Gasteiger partial charge in [-0.1, -0.05) is 6.42 Å². The van der Waals surface area contributed by atoms with E-state index in [1.165, 1.54) is 31.0 Å². The molecule has 0 saturated carbocycles. The van der Waals surface area contributed by atoms with E-state index in [-0.39, 0.29) is 11.7 Å². The van der Waals surface area contributed by atoms with Crippen LogP contribution in [0.1, 0.15) is 30.5 Å². The number of nitrogens with one attached hydrogen (secondary N) is 2. The van der Waals surface area contributed by atoms with Crippen molar-refractivity contribution in [3.8, 4) is 0 Å². The number of carbonyl (C=O) groups is 1. The number of rotatable bonds is 2. The van der Waals surface area contributed by atoms with E-state index in [0.717, 1.165) is 30.8 Å². The van der Waals surface area contributed by atoms with Gasteiger partial charge >= 0.3 is 6.03 Å². The number of hydrogen-bond donors (Lipinski definition) is 2. The highest BCUT2D eigenvalue weighted by Gasteiger charge is 2.34. The van der Waals surface area contributed by atoms with Crippen molar-refractivity contribution < 1.29 is 9.18 Å². The number of imidazole rings is 1. The first kappa shape index (κ1) is 19.5. The standard InChI is InChI=1S/C23H26FN7O/c1-14-10-30-13-19(18(24)9-21(30)26-14)28-23(32)31-8-6-17-20(5-7-25-22(17)31)29-11-15-3-2-4-16(12-29)27-15/h5,7,9-10,13,15-16,27H,2-4,6,8,11-12H2,1H3,(H,28,32). The molecule has 3 aliphatic rings. The number of piperazine rings is 1. The summed E-state index contributed by atoms with van der Waals surface area (Å²) >= 11 is 0. The number of halogens is 1. The fraction of sp³-hybridized carbons (Fsp3) is 0.435. The van der Waals surface area contributed by atoms with E-state index in [2.05, 4.69) is 31.6 Å². The molecule has 2 N–H and O–H groups in total. The monoisotopic (exact) mass is 435 g/mol. The summed E-state index contributed by atoms with van der Waals surface area (Å²) in [6, 6.07) is 4.07. The highest BCUT2D eigenvalue weighted by Crippen LogP contribution is 2.36. The number of nitrogens with zero attached hydrogens (tertiary/aromatic N) is 5. The molecule has 166 valence electrons. The third-order valence-electron chi connectivity index (χ3n) is 6.80. The average Bonchev–Trinajstić information content (AvgIpc) is 3.36. The second-order valence-electron chi connectivity index (χ2n) is 9.04. The third kappa shape index (κ3) is 3.28. The summed E-state index contributed by atoms with van der Waals surface area (Å²) in [5.74, 6) is 0.161. The fourth-order valence-electron chi connectivity index (χ4n) is 5.38. The number of pyridine rings is 2. The number of piperidine rings is 1. The van der Waals surface area contributed by atoms with Crippen molar-refractivity contribution in [1.29, 1.82) is 0 Å². The van der Waals surface area contributed by atoms with Crippen LogP contribution in [0.2, 0.25) is 0 Å². The minimum absolute atomic E-state index is 0.124. The molecule has 2 unspecified atom stereocenters. The average molecular weight is 436 g/mol. The summed E-state index contributed by atoms with van der Waals surface area (Å²) in [4.78, 5) is 25.9. The van der Waals surface area contributed by atoms with Gasteiger partial charge in [0.1, 0.15) is 11.5 Å². The smallest absolute Gasteiger partial charge is 0.327 e. The molecule has 0 aromatic carbocycles. The molecule has 6 heterocycles. The fourth-order valence-corrected chi connectivity index (χ4v) is 5.38.